The summed E-state index contributed by atoms with van der Waals surface area (Å²) >= 11 is 0. The minimum atomic E-state index is 0.764. The van der Waals surface area contributed by atoms with Crippen LogP contribution in [0, 0.1) is 24.2 Å². The van der Waals surface area contributed by atoms with Crippen molar-refractivity contribution in [2.24, 2.45) is 11.8 Å². The highest BCUT2D eigenvalue weighted by Gasteiger charge is 2.22. The van der Waals surface area contributed by atoms with Crippen LogP contribution in [-0.4, -0.2) is 6.21 Å². The van der Waals surface area contributed by atoms with Crippen LogP contribution < -0.4 is 0 Å². The van der Waals surface area contributed by atoms with Crippen molar-refractivity contribution in [3.63, 3.8) is 0 Å². The van der Waals surface area contributed by atoms with Crippen LogP contribution in [-0.2, 0) is 12.8 Å². The van der Waals surface area contributed by atoms with E-state index in [1.165, 1.54) is 48.6 Å². The Kier molecular flexibility index (Phi) is 2.85. The van der Waals surface area contributed by atoms with E-state index in [-0.39, 0.29) is 0 Å². The second-order valence-electron chi connectivity index (χ2n) is 6.00. The highest BCUT2D eigenvalue weighted by molar-refractivity contribution is 5.85. The highest BCUT2D eigenvalue weighted by Crippen LogP contribution is 2.35. The fourth-order valence-corrected chi connectivity index (χ4v) is 3.10. The SMILES string of the molecule is Cc1c(/C=C/C2CC2)c(C=N)cc2c1CC(C)C2. The Morgan fingerprint density at radius 2 is 2.06 bits per heavy atom. The van der Waals surface area contributed by atoms with E-state index >= 15 is 0 Å². The van der Waals surface area contributed by atoms with Crippen molar-refractivity contribution in [2.75, 3.05) is 0 Å². The third-order valence-electron chi connectivity index (χ3n) is 4.32. The van der Waals surface area contributed by atoms with Crippen LogP contribution in [0.15, 0.2) is 12.1 Å². The van der Waals surface area contributed by atoms with Gasteiger partial charge in [0, 0.05) is 6.21 Å². The molecule has 1 aromatic carbocycles. The average molecular weight is 239 g/mol. The molecule has 1 atom stereocenters. The molecule has 0 amide bonds. The van der Waals surface area contributed by atoms with E-state index in [1.807, 2.05) is 0 Å². The van der Waals surface area contributed by atoms with Crippen LogP contribution in [0.5, 0.6) is 0 Å². The summed E-state index contributed by atoms with van der Waals surface area (Å²) in [4.78, 5) is 0. The summed E-state index contributed by atoms with van der Waals surface area (Å²) in [6.45, 7) is 4.56. The van der Waals surface area contributed by atoms with E-state index in [0.29, 0.717) is 0 Å². The van der Waals surface area contributed by atoms with E-state index in [9.17, 15) is 0 Å². The molecule has 18 heavy (non-hydrogen) atoms. The first-order valence-corrected chi connectivity index (χ1v) is 7.03. The molecule has 1 fully saturated rings. The summed E-state index contributed by atoms with van der Waals surface area (Å²) in [5.41, 5.74) is 6.81. The molecule has 94 valence electrons. The summed E-state index contributed by atoms with van der Waals surface area (Å²) in [5.74, 6) is 1.56. The first-order chi connectivity index (χ1) is 8.69. The first kappa shape index (κ1) is 11.7. The predicted octanol–water partition coefficient (Wildman–Crippen LogP) is 4.15. The van der Waals surface area contributed by atoms with Crippen LogP contribution in [0.2, 0.25) is 0 Å². The summed E-state index contributed by atoms with van der Waals surface area (Å²) in [5, 5.41) is 7.64. The molecule has 0 saturated heterocycles. The van der Waals surface area contributed by atoms with Gasteiger partial charge in [-0.25, -0.2) is 0 Å². The molecule has 1 heteroatoms. The second-order valence-corrected chi connectivity index (χ2v) is 6.00. The van der Waals surface area contributed by atoms with E-state index in [1.54, 1.807) is 5.56 Å². The quantitative estimate of drug-likeness (QED) is 0.766. The zero-order valence-electron chi connectivity index (χ0n) is 11.3. The summed E-state index contributed by atoms with van der Waals surface area (Å²) in [6.07, 6.45) is 11.2. The monoisotopic (exact) mass is 239 g/mol. The van der Waals surface area contributed by atoms with Crippen molar-refractivity contribution in [2.45, 2.75) is 39.5 Å². The van der Waals surface area contributed by atoms with Crippen molar-refractivity contribution in [1.29, 1.82) is 5.41 Å². The van der Waals surface area contributed by atoms with E-state index < -0.39 is 0 Å². The zero-order valence-corrected chi connectivity index (χ0v) is 11.3. The van der Waals surface area contributed by atoms with Crippen LogP contribution in [0.25, 0.3) is 6.08 Å². The molecule has 1 aromatic rings. The van der Waals surface area contributed by atoms with E-state index in [2.05, 4.69) is 32.1 Å². The van der Waals surface area contributed by atoms with Gasteiger partial charge in [-0.1, -0.05) is 19.1 Å². The molecule has 0 heterocycles. The van der Waals surface area contributed by atoms with Crippen LogP contribution in [0.1, 0.15) is 47.6 Å². The molecular weight excluding hydrogens is 218 g/mol. The van der Waals surface area contributed by atoms with Crippen LogP contribution in [0.4, 0.5) is 0 Å². The summed E-state index contributed by atoms with van der Waals surface area (Å²) < 4.78 is 0. The molecule has 1 saturated carbocycles. The molecule has 0 bridgehead atoms. The summed E-state index contributed by atoms with van der Waals surface area (Å²) in [6, 6.07) is 2.24. The molecule has 3 rings (SSSR count). The van der Waals surface area contributed by atoms with Crippen molar-refractivity contribution in [3.05, 3.63) is 40.0 Å². The number of rotatable bonds is 3. The number of benzene rings is 1. The lowest BCUT2D eigenvalue weighted by Gasteiger charge is -2.11. The van der Waals surface area contributed by atoms with E-state index in [0.717, 1.165) is 17.4 Å². The number of allylic oxidation sites excluding steroid dienone is 1. The van der Waals surface area contributed by atoms with Gasteiger partial charge >= 0.3 is 0 Å². The van der Waals surface area contributed by atoms with Crippen molar-refractivity contribution in [3.8, 4) is 0 Å². The number of nitrogens with one attached hydrogen (secondary N) is 1. The molecule has 1 N–H and O–H groups in total. The Morgan fingerprint density at radius 1 is 1.28 bits per heavy atom. The minimum Gasteiger partial charge on any atom is -0.308 e. The number of fused-ring (bicyclic) bond motifs is 1. The van der Waals surface area contributed by atoms with Crippen molar-refractivity contribution in [1.82, 2.24) is 0 Å². The van der Waals surface area contributed by atoms with Gasteiger partial charge in [-0.3, -0.25) is 0 Å². The van der Waals surface area contributed by atoms with E-state index in [4.69, 9.17) is 5.41 Å². The van der Waals surface area contributed by atoms with Crippen LogP contribution >= 0.6 is 0 Å². The van der Waals surface area contributed by atoms with Gasteiger partial charge in [0.2, 0.25) is 0 Å². The minimum absolute atomic E-state index is 0.764. The lowest BCUT2D eigenvalue weighted by Crippen LogP contribution is -1.97. The topological polar surface area (TPSA) is 23.9 Å². The third-order valence-corrected chi connectivity index (χ3v) is 4.32. The van der Waals surface area contributed by atoms with Gasteiger partial charge in [-0.15, -0.1) is 0 Å². The fraction of sp³-hybridized carbons (Fsp3) is 0.471. The lowest BCUT2D eigenvalue weighted by atomic mass is 9.93. The van der Waals surface area contributed by atoms with Gasteiger partial charge in [0.25, 0.3) is 0 Å². The fourth-order valence-electron chi connectivity index (χ4n) is 3.10. The Hall–Kier alpha value is -1.37. The molecule has 0 aromatic heterocycles. The first-order valence-electron chi connectivity index (χ1n) is 7.03. The predicted molar refractivity (Wildman–Crippen MR) is 77.4 cm³/mol. The smallest absolute Gasteiger partial charge is 0.0256 e. The molecule has 1 nitrogen and oxygen atoms in total. The largest absolute Gasteiger partial charge is 0.308 e. The third kappa shape index (κ3) is 2.03. The average Bonchev–Trinajstić information content (AvgIpc) is 3.09. The van der Waals surface area contributed by atoms with Gasteiger partial charge in [0.1, 0.15) is 0 Å². The Morgan fingerprint density at radius 3 is 2.72 bits per heavy atom. The summed E-state index contributed by atoms with van der Waals surface area (Å²) in [7, 11) is 0. The lowest BCUT2D eigenvalue weighted by molar-refractivity contribution is 0.627. The standard InChI is InChI=1S/C17H21N/c1-11-7-14-9-15(10-18)16(6-5-13-3-4-13)12(2)17(14)8-11/h5-6,9-11,13,18H,3-4,7-8H2,1-2H3/b6-5+,18-10?. The second kappa shape index (κ2) is 4.38. The van der Waals surface area contributed by atoms with Gasteiger partial charge in [0.15, 0.2) is 0 Å². The van der Waals surface area contributed by atoms with Crippen LogP contribution in [0.3, 0.4) is 0 Å². The number of hydrogen-bond donors (Lipinski definition) is 1. The highest BCUT2D eigenvalue weighted by atomic mass is 14.3. The molecule has 0 spiro atoms. The maximum Gasteiger partial charge on any atom is 0.0256 e. The normalized spacial score (nSPS) is 22.4. The van der Waals surface area contributed by atoms with Gasteiger partial charge in [-0.05, 0) is 78.3 Å². The Labute approximate surface area is 109 Å². The van der Waals surface area contributed by atoms with Gasteiger partial charge in [0.05, 0.1) is 0 Å². The zero-order chi connectivity index (χ0) is 12.7. The maximum absolute atomic E-state index is 7.64. The number of hydrogen-bond acceptors (Lipinski definition) is 1. The van der Waals surface area contributed by atoms with Crippen molar-refractivity contribution < 1.29 is 0 Å². The maximum atomic E-state index is 7.64. The Bertz CT molecular complexity index is 521. The molecular formula is C17H21N. The molecule has 0 radical (unpaired) electrons. The molecule has 0 aliphatic heterocycles. The Balaban J connectivity index is 2.06. The molecule has 2 aliphatic carbocycles. The van der Waals surface area contributed by atoms with Gasteiger partial charge < -0.3 is 5.41 Å². The van der Waals surface area contributed by atoms with Crippen molar-refractivity contribution >= 4 is 12.3 Å². The molecule has 1 unspecified atom stereocenters. The van der Waals surface area contributed by atoms with Gasteiger partial charge in [-0.2, -0.15) is 0 Å². The molecule has 2 aliphatic rings.